The molecular weight excluding hydrogens is 286 g/mol. The van der Waals surface area contributed by atoms with E-state index in [1.165, 1.54) is 7.11 Å². The lowest BCUT2D eigenvalue weighted by atomic mass is 10.1. The molecule has 0 saturated carbocycles. The number of carbonyl (C=O) groups is 1. The number of aliphatic hydroxyl groups is 1. The number of hydrogen-bond acceptors (Lipinski definition) is 4. The molecule has 1 aromatic rings. The Morgan fingerprint density at radius 2 is 2.24 bits per heavy atom. The van der Waals surface area contributed by atoms with Crippen molar-refractivity contribution in [2.24, 2.45) is 0 Å². The van der Waals surface area contributed by atoms with Gasteiger partial charge >= 0.3 is 5.97 Å². The van der Waals surface area contributed by atoms with Crippen LogP contribution in [0.1, 0.15) is 11.1 Å². The van der Waals surface area contributed by atoms with Crippen molar-refractivity contribution in [3.63, 3.8) is 0 Å². The summed E-state index contributed by atoms with van der Waals surface area (Å²) in [6, 6.07) is 7.65. The monoisotopic (exact) mass is 301 g/mol. The van der Waals surface area contributed by atoms with Crippen LogP contribution in [0, 0.1) is 0 Å². The highest BCUT2D eigenvalue weighted by atomic mass is 79.9. The molecule has 4 nitrogen and oxygen atoms in total. The summed E-state index contributed by atoms with van der Waals surface area (Å²) in [5, 5.41) is 12.1. The lowest BCUT2D eigenvalue weighted by molar-refractivity contribution is -0.139. The van der Waals surface area contributed by atoms with Gasteiger partial charge in [0.1, 0.15) is 4.83 Å². The molecular formula is C12H16BrNO3. The summed E-state index contributed by atoms with van der Waals surface area (Å²) in [6.45, 7) is 1.18. The predicted molar refractivity (Wildman–Crippen MR) is 68.8 cm³/mol. The molecule has 0 heterocycles. The molecule has 0 saturated heterocycles. The fraction of sp³-hybridized carbons (Fsp3) is 0.417. The lowest BCUT2D eigenvalue weighted by Gasteiger charge is -2.09. The Morgan fingerprint density at radius 3 is 2.88 bits per heavy atom. The van der Waals surface area contributed by atoms with E-state index in [1.54, 1.807) is 0 Å². The first kappa shape index (κ1) is 14.2. The van der Waals surface area contributed by atoms with Crippen LogP contribution >= 0.6 is 15.9 Å². The number of ether oxygens (including phenoxy) is 1. The fourth-order valence-electron chi connectivity index (χ4n) is 1.39. The van der Waals surface area contributed by atoms with Crippen LogP contribution in [0.2, 0.25) is 0 Å². The number of halogens is 1. The minimum Gasteiger partial charge on any atom is -0.468 e. The normalized spacial score (nSPS) is 12.2. The maximum absolute atomic E-state index is 11.1. The first-order valence-corrected chi connectivity index (χ1v) is 6.20. The second-order valence-electron chi connectivity index (χ2n) is 3.60. The summed E-state index contributed by atoms with van der Waals surface area (Å²) in [4.78, 5) is 10.8. The van der Waals surface area contributed by atoms with Crippen molar-refractivity contribution >= 4 is 21.9 Å². The van der Waals surface area contributed by atoms with Crippen LogP contribution < -0.4 is 5.32 Å². The van der Waals surface area contributed by atoms with Gasteiger partial charge in [-0.3, -0.25) is 4.79 Å². The van der Waals surface area contributed by atoms with Crippen LogP contribution in [0.3, 0.4) is 0 Å². The summed E-state index contributed by atoms with van der Waals surface area (Å²) in [7, 11) is 1.36. The van der Waals surface area contributed by atoms with Crippen molar-refractivity contribution in [1.82, 2.24) is 5.32 Å². The Balaban J connectivity index is 2.37. The van der Waals surface area contributed by atoms with Gasteiger partial charge in [0.15, 0.2) is 0 Å². The highest BCUT2D eigenvalue weighted by molar-refractivity contribution is 9.10. The molecule has 1 unspecified atom stereocenters. The third-order valence-corrected chi connectivity index (χ3v) is 2.98. The Bertz CT molecular complexity index is 371. The molecule has 94 valence electrons. The molecule has 0 radical (unpaired) electrons. The zero-order chi connectivity index (χ0) is 12.7. The van der Waals surface area contributed by atoms with Gasteiger partial charge in [-0.2, -0.15) is 0 Å². The number of alkyl halides is 1. The van der Waals surface area contributed by atoms with Gasteiger partial charge < -0.3 is 15.2 Å². The minimum atomic E-state index is -0.339. The maximum Gasteiger partial charge on any atom is 0.320 e. The summed E-state index contributed by atoms with van der Waals surface area (Å²) >= 11 is 3.23. The number of esters is 1. The molecule has 0 aliphatic heterocycles. The van der Waals surface area contributed by atoms with Crippen molar-refractivity contribution < 1.29 is 14.6 Å². The van der Waals surface area contributed by atoms with Gasteiger partial charge in [-0.25, -0.2) is 0 Å². The van der Waals surface area contributed by atoms with Gasteiger partial charge in [-0.1, -0.05) is 40.2 Å². The number of benzene rings is 1. The average Bonchev–Trinajstić information content (AvgIpc) is 2.37. The van der Waals surface area contributed by atoms with Crippen molar-refractivity contribution in [3.8, 4) is 0 Å². The third-order valence-electron chi connectivity index (χ3n) is 2.28. The van der Waals surface area contributed by atoms with Crippen molar-refractivity contribution in [3.05, 3.63) is 35.4 Å². The number of carbonyl (C=O) groups excluding carboxylic acids is 1. The van der Waals surface area contributed by atoms with E-state index in [0.29, 0.717) is 13.1 Å². The molecule has 0 bridgehead atoms. The second-order valence-corrected chi connectivity index (χ2v) is 4.70. The van der Waals surface area contributed by atoms with Gasteiger partial charge in [-0.05, 0) is 11.1 Å². The van der Waals surface area contributed by atoms with E-state index >= 15 is 0 Å². The first-order valence-electron chi connectivity index (χ1n) is 5.28. The highest BCUT2D eigenvalue weighted by Gasteiger charge is 2.13. The summed E-state index contributed by atoms with van der Waals surface area (Å²) in [6.07, 6.45) is 0. The fourth-order valence-corrected chi connectivity index (χ4v) is 1.81. The molecule has 0 spiro atoms. The van der Waals surface area contributed by atoms with Gasteiger partial charge in [-0.15, -0.1) is 0 Å². The van der Waals surface area contributed by atoms with Crippen LogP contribution in [0.4, 0.5) is 0 Å². The Morgan fingerprint density at radius 1 is 1.53 bits per heavy atom. The van der Waals surface area contributed by atoms with Gasteiger partial charge in [0.2, 0.25) is 0 Å². The third kappa shape index (κ3) is 4.85. The quantitative estimate of drug-likeness (QED) is 0.612. The number of methoxy groups -OCH3 is 1. The molecule has 0 aromatic heterocycles. The Kier molecular flexibility index (Phi) is 6.18. The standard InChI is InChI=1S/C12H16BrNO3/c1-17-12(16)11(13)7-14-6-9-3-2-4-10(5-9)8-15/h2-5,11,14-15H,6-8H2,1H3. The van der Waals surface area contributed by atoms with E-state index in [4.69, 9.17) is 5.11 Å². The van der Waals surface area contributed by atoms with E-state index in [1.807, 2.05) is 24.3 Å². The number of rotatable bonds is 6. The molecule has 1 aromatic carbocycles. The summed E-state index contributed by atoms with van der Waals surface area (Å²) in [5.74, 6) is -0.290. The zero-order valence-corrected chi connectivity index (χ0v) is 11.2. The zero-order valence-electron chi connectivity index (χ0n) is 9.65. The topological polar surface area (TPSA) is 58.6 Å². The predicted octanol–water partition coefficient (Wildman–Crippen LogP) is 1.20. The van der Waals surface area contributed by atoms with E-state index in [0.717, 1.165) is 11.1 Å². The molecule has 0 aliphatic rings. The number of nitrogens with one attached hydrogen (secondary N) is 1. The molecule has 1 rings (SSSR count). The van der Waals surface area contributed by atoms with Crippen LogP contribution in [0.15, 0.2) is 24.3 Å². The highest BCUT2D eigenvalue weighted by Crippen LogP contribution is 2.06. The molecule has 17 heavy (non-hydrogen) atoms. The van der Waals surface area contributed by atoms with Crippen LogP contribution in [-0.4, -0.2) is 29.6 Å². The number of aliphatic hydroxyl groups excluding tert-OH is 1. The van der Waals surface area contributed by atoms with E-state index in [-0.39, 0.29) is 17.4 Å². The van der Waals surface area contributed by atoms with Crippen LogP contribution in [0.5, 0.6) is 0 Å². The number of hydrogen-bond donors (Lipinski definition) is 2. The average molecular weight is 302 g/mol. The van der Waals surface area contributed by atoms with E-state index < -0.39 is 0 Å². The molecule has 0 fully saturated rings. The maximum atomic E-state index is 11.1. The van der Waals surface area contributed by atoms with Gasteiger partial charge in [0, 0.05) is 13.1 Å². The van der Waals surface area contributed by atoms with E-state index in [2.05, 4.69) is 26.0 Å². The molecule has 2 N–H and O–H groups in total. The van der Waals surface area contributed by atoms with E-state index in [9.17, 15) is 4.79 Å². The molecule has 0 amide bonds. The first-order chi connectivity index (χ1) is 8.17. The largest absolute Gasteiger partial charge is 0.468 e. The SMILES string of the molecule is COC(=O)C(Br)CNCc1cccc(CO)c1. The molecule has 0 aliphatic carbocycles. The smallest absolute Gasteiger partial charge is 0.320 e. The Hall–Kier alpha value is -0.910. The minimum absolute atomic E-state index is 0.0388. The molecule has 5 heteroatoms. The molecule has 1 atom stereocenters. The van der Waals surface area contributed by atoms with Crippen molar-refractivity contribution in [2.75, 3.05) is 13.7 Å². The van der Waals surface area contributed by atoms with Gasteiger partial charge in [0.25, 0.3) is 0 Å². The van der Waals surface area contributed by atoms with Crippen LogP contribution in [0.25, 0.3) is 0 Å². The van der Waals surface area contributed by atoms with Gasteiger partial charge in [0.05, 0.1) is 13.7 Å². The van der Waals surface area contributed by atoms with Crippen molar-refractivity contribution in [1.29, 1.82) is 0 Å². The van der Waals surface area contributed by atoms with Crippen molar-refractivity contribution in [2.45, 2.75) is 18.0 Å². The van der Waals surface area contributed by atoms with Crippen LogP contribution in [-0.2, 0) is 22.7 Å². The summed E-state index contributed by atoms with van der Waals surface area (Å²) < 4.78 is 4.59. The summed E-state index contributed by atoms with van der Waals surface area (Å²) in [5.41, 5.74) is 1.95. The Labute approximate surface area is 109 Å². The second kappa shape index (κ2) is 7.42. The lowest BCUT2D eigenvalue weighted by Crippen LogP contribution is -2.29.